The Morgan fingerprint density at radius 1 is 1.00 bits per heavy atom. The highest BCUT2D eigenvalue weighted by Gasteiger charge is 2.01. The van der Waals surface area contributed by atoms with Gasteiger partial charge in [-0.2, -0.15) is 5.10 Å². The lowest BCUT2D eigenvalue weighted by Crippen LogP contribution is -2.13. The van der Waals surface area contributed by atoms with E-state index in [0.29, 0.717) is 5.88 Å². The van der Waals surface area contributed by atoms with Gasteiger partial charge in [-0.3, -0.25) is 0 Å². The monoisotopic (exact) mass is 271 g/mol. The standard InChI is InChI=1S/C16H21N3O/c1-3-5-13-6-9-15(10-7-13)20-16-11-8-14(18-19-16)12-17-4-2/h6-11,17H,3-5,12H2,1-2H3. The summed E-state index contributed by atoms with van der Waals surface area (Å²) in [5.41, 5.74) is 2.24. The molecular formula is C16H21N3O. The van der Waals surface area contributed by atoms with Crippen molar-refractivity contribution in [3.8, 4) is 11.6 Å². The average molecular weight is 271 g/mol. The summed E-state index contributed by atoms with van der Waals surface area (Å²) in [5, 5.41) is 11.4. The maximum absolute atomic E-state index is 5.68. The highest BCUT2D eigenvalue weighted by Crippen LogP contribution is 2.19. The highest BCUT2D eigenvalue weighted by molar-refractivity contribution is 5.30. The molecule has 1 aromatic carbocycles. The molecule has 20 heavy (non-hydrogen) atoms. The SMILES string of the molecule is CCCc1ccc(Oc2ccc(CNCC)nn2)cc1. The minimum absolute atomic E-state index is 0.522. The number of rotatable bonds is 7. The van der Waals surface area contributed by atoms with E-state index in [-0.39, 0.29) is 0 Å². The first-order valence-electron chi connectivity index (χ1n) is 7.12. The summed E-state index contributed by atoms with van der Waals surface area (Å²) in [6.45, 7) is 5.89. The Morgan fingerprint density at radius 2 is 1.80 bits per heavy atom. The Morgan fingerprint density at radius 3 is 2.40 bits per heavy atom. The van der Waals surface area contributed by atoms with E-state index in [4.69, 9.17) is 4.74 Å². The zero-order valence-corrected chi connectivity index (χ0v) is 12.1. The number of aryl methyl sites for hydroxylation is 1. The van der Waals surface area contributed by atoms with Crippen molar-refractivity contribution in [2.45, 2.75) is 33.2 Å². The third-order valence-corrected chi connectivity index (χ3v) is 2.94. The second kappa shape index (κ2) is 7.60. The van der Waals surface area contributed by atoms with E-state index >= 15 is 0 Å². The van der Waals surface area contributed by atoms with Crippen LogP contribution in [0.1, 0.15) is 31.5 Å². The topological polar surface area (TPSA) is 47.0 Å². The predicted octanol–water partition coefficient (Wildman–Crippen LogP) is 3.33. The lowest BCUT2D eigenvalue weighted by Gasteiger charge is -2.06. The van der Waals surface area contributed by atoms with Gasteiger partial charge in [0.2, 0.25) is 5.88 Å². The number of benzene rings is 1. The zero-order valence-electron chi connectivity index (χ0n) is 12.1. The molecule has 0 unspecified atom stereocenters. The molecule has 0 saturated heterocycles. The van der Waals surface area contributed by atoms with Gasteiger partial charge < -0.3 is 10.1 Å². The van der Waals surface area contributed by atoms with E-state index in [1.54, 1.807) is 0 Å². The van der Waals surface area contributed by atoms with Crippen LogP contribution < -0.4 is 10.1 Å². The highest BCUT2D eigenvalue weighted by atomic mass is 16.5. The van der Waals surface area contributed by atoms with Gasteiger partial charge in [0.15, 0.2) is 0 Å². The summed E-state index contributed by atoms with van der Waals surface area (Å²) >= 11 is 0. The molecule has 1 N–H and O–H groups in total. The normalized spacial score (nSPS) is 10.5. The van der Waals surface area contributed by atoms with Gasteiger partial charge in [0.25, 0.3) is 0 Å². The number of nitrogens with one attached hydrogen (secondary N) is 1. The smallest absolute Gasteiger partial charge is 0.238 e. The molecule has 1 heterocycles. The number of hydrogen-bond acceptors (Lipinski definition) is 4. The van der Waals surface area contributed by atoms with Crippen molar-refractivity contribution < 1.29 is 4.74 Å². The third-order valence-electron chi connectivity index (χ3n) is 2.94. The van der Waals surface area contributed by atoms with Crippen LogP contribution in [0.2, 0.25) is 0 Å². The summed E-state index contributed by atoms with van der Waals surface area (Å²) in [6, 6.07) is 11.9. The van der Waals surface area contributed by atoms with Crippen molar-refractivity contribution >= 4 is 0 Å². The fourth-order valence-corrected chi connectivity index (χ4v) is 1.88. The van der Waals surface area contributed by atoms with E-state index < -0.39 is 0 Å². The van der Waals surface area contributed by atoms with Crippen molar-refractivity contribution in [1.29, 1.82) is 0 Å². The Bertz CT molecular complexity index is 508. The first-order chi connectivity index (χ1) is 9.81. The zero-order chi connectivity index (χ0) is 14.2. The second-order valence-corrected chi connectivity index (χ2v) is 4.64. The molecule has 2 rings (SSSR count). The van der Waals surface area contributed by atoms with Crippen LogP contribution in [0.25, 0.3) is 0 Å². The minimum atomic E-state index is 0.522. The predicted molar refractivity (Wildman–Crippen MR) is 79.9 cm³/mol. The Kier molecular flexibility index (Phi) is 5.50. The van der Waals surface area contributed by atoms with Crippen LogP contribution in [0.5, 0.6) is 11.6 Å². The lowest BCUT2D eigenvalue weighted by atomic mass is 10.1. The summed E-state index contributed by atoms with van der Waals surface area (Å²) in [4.78, 5) is 0. The molecule has 1 aromatic heterocycles. The first-order valence-corrected chi connectivity index (χ1v) is 7.12. The van der Waals surface area contributed by atoms with Crippen molar-refractivity contribution in [2.24, 2.45) is 0 Å². The first kappa shape index (κ1) is 14.5. The van der Waals surface area contributed by atoms with Gasteiger partial charge >= 0.3 is 0 Å². The summed E-state index contributed by atoms with van der Waals surface area (Å²) in [7, 11) is 0. The van der Waals surface area contributed by atoms with Crippen LogP contribution >= 0.6 is 0 Å². The molecule has 0 spiro atoms. The molecule has 0 amide bonds. The molecule has 0 aliphatic heterocycles. The van der Waals surface area contributed by atoms with Gasteiger partial charge in [-0.25, -0.2) is 0 Å². The molecular weight excluding hydrogens is 250 g/mol. The number of aromatic nitrogens is 2. The molecule has 2 aromatic rings. The molecule has 0 bridgehead atoms. The van der Waals surface area contributed by atoms with Gasteiger partial charge in [0, 0.05) is 12.6 Å². The quantitative estimate of drug-likeness (QED) is 0.839. The van der Waals surface area contributed by atoms with Gasteiger partial charge in [-0.05, 0) is 36.7 Å². The van der Waals surface area contributed by atoms with Crippen molar-refractivity contribution in [2.75, 3.05) is 6.54 Å². The van der Waals surface area contributed by atoms with E-state index in [9.17, 15) is 0 Å². The minimum Gasteiger partial charge on any atom is -0.438 e. The number of ether oxygens (including phenoxy) is 1. The molecule has 4 heteroatoms. The van der Waals surface area contributed by atoms with Crippen molar-refractivity contribution in [3.63, 3.8) is 0 Å². The van der Waals surface area contributed by atoms with Crippen LogP contribution in [-0.4, -0.2) is 16.7 Å². The summed E-state index contributed by atoms with van der Waals surface area (Å²) in [5.74, 6) is 1.31. The van der Waals surface area contributed by atoms with E-state index in [1.165, 1.54) is 5.56 Å². The maximum atomic E-state index is 5.68. The van der Waals surface area contributed by atoms with Gasteiger partial charge in [0.05, 0.1) is 5.69 Å². The summed E-state index contributed by atoms with van der Waals surface area (Å²) in [6.07, 6.45) is 2.25. The Labute approximate surface area is 120 Å². The van der Waals surface area contributed by atoms with Crippen LogP contribution in [0, 0.1) is 0 Å². The maximum Gasteiger partial charge on any atom is 0.238 e. The van der Waals surface area contributed by atoms with E-state index in [0.717, 1.165) is 37.4 Å². The fourth-order valence-electron chi connectivity index (χ4n) is 1.88. The Balaban J connectivity index is 1.95. The average Bonchev–Trinajstić information content (AvgIpc) is 2.49. The molecule has 106 valence electrons. The fraction of sp³-hybridized carbons (Fsp3) is 0.375. The molecule has 0 radical (unpaired) electrons. The van der Waals surface area contributed by atoms with Gasteiger partial charge in [-0.15, -0.1) is 5.10 Å². The second-order valence-electron chi connectivity index (χ2n) is 4.64. The largest absolute Gasteiger partial charge is 0.438 e. The van der Waals surface area contributed by atoms with E-state index in [1.807, 2.05) is 24.3 Å². The molecule has 0 fully saturated rings. The molecule has 0 aliphatic carbocycles. The van der Waals surface area contributed by atoms with E-state index in [2.05, 4.69) is 41.5 Å². The van der Waals surface area contributed by atoms with Gasteiger partial charge in [-0.1, -0.05) is 32.4 Å². The summed E-state index contributed by atoms with van der Waals surface area (Å²) < 4.78 is 5.68. The third kappa shape index (κ3) is 4.31. The lowest BCUT2D eigenvalue weighted by molar-refractivity contribution is 0.453. The van der Waals surface area contributed by atoms with Crippen LogP contribution in [0.4, 0.5) is 0 Å². The number of hydrogen-bond donors (Lipinski definition) is 1. The van der Waals surface area contributed by atoms with Crippen molar-refractivity contribution in [3.05, 3.63) is 47.7 Å². The molecule has 4 nitrogen and oxygen atoms in total. The molecule has 0 atom stereocenters. The Hall–Kier alpha value is -1.94. The molecule has 0 saturated carbocycles. The van der Waals surface area contributed by atoms with Gasteiger partial charge in [0.1, 0.15) is 5.75 Å². The number of nitrogens with zero attached hydrogens (tertiary/aromatic N) is 2. The van der Waals surface area contributed by atoms with Crippen molar-refractivity contribution in [1.82, 2.24) is 15.5 Å². The molecule has 0 aliphatic rings. The van der Waals surface area contributed by atoms with Crippen LogP contribution in [0.15, 0.2) is 36.4 Å². The van der Waals surface area contributed by atoms with Crippen LogP contribution in [-0.2, 0) is 13.0 Å². The van der Waals surface area contributed by atoms with Crippen LogP contribution in [0.3, 0.4) is 0 Å².